The molecule has 118 valence electrons. The average molecular weight is 364 g/mol. The molecule has 1 amide bonds. The quantitative estimate of drug-likeness (QED) is 0.742. The Morgan fingerprint density at radius 3 is 2.91 bits per heavy atom. The number of nitrogens with one attached hydrogen (secondary N) is 1. The van der Waals surface area contributed by atoms with Crippen LogP contribution < -0.4 is 5.32 Å². The standard InChI is InChI=1S/C16H14ClN3OS2/c1-10-18-7-12(23-10)8-19-15(21)6-11-9-22-16(20-11)13-4-2-3-5-14(13)17/h2-5,7,9H,6,8H2,1H3,(H,19,21). The Hall–Kier alpha value is -1.76. The van der Waals surface area contributed by atoms with Gasteiger partial charge in [-0.15, -0.1) is 22.7 Å². The number of hydrogen-bond acceptors (Lipinski definition) is 5. The maximum atomic E-state index is 12.0. The van der Waals surface area contributed by atoms with E-state index in [9.17, 15) is 4.79 Å². The van der Waals surface area contributed by atoms with Crippen molar-refractivity contribution in [3.05, 3.63) is 56.4 Å². The molecule has 2 aromatic heterocycles. The average Bonchev–Trinajstić information content (AvgIpc) is 3.15. The zero-order valence-corrected chi connectivity index (χ0v) is 14.8. The smallest absolute Gasteiger partial charge is 0.226 e. The Balaban J connectivity index is 1.60. The van der Waals surface area contributed by atoms with Gasteiger partial charge >= 0.3 is 0 Å². The van der Waals surface area contributed by atoms with Crippen molar-refractivity contribution in [2.75, 3.05) is 0 Å². The van der Waals surface area contributed by atoms with Crippen molar-refractivity contribution in [1.29, 1.82) is 0 Å². The minimum atomic E-state index is -0.0490. The van der Waals surface area contributed by atoms with Crippen molar-refractivity contribution in [1.82, 2.24) is 15.3 Å². The van der Waals surface area contributed by atoms with Crippen LogP contribution in [0.3, 0.4) is 0 Å². The van der Waals surface area contributed by atoms with Crippen molar-refractivity contribution < 1.29 is 4.79 Å². The molecule has 0 saturated heterocycles. The summed E-state index contributed by atoms with van der Waals surface area (Å²) < 4.78 is 0. The number of benzene rings is 1. The van der Waals surface area contributed by atoms with Crippen LogP contribution in [-0.2, 0) is 17.8 Å². The first kappa shape index (κ1) is 16.1. The van der Waals surface area contributed by atoms with Crippen molar-refractivity contribution in [3.8, 4) is 10.6 Å². The van der Waals surface area contributed by atoms with E-state index in [-0.39, 0.29) is 12.3 Å². The van der Waals surface area contributed by atoms with Crippen LogP contribution in [0.2, 0.25) is 5.02 Å². The molecule has 1 N–H and O–H groups in total. The fraction of sp³-hybridized carbons (Fsp3) is 0.188. The van der Waals surface area contributed by atoms with Gasteiger partial charge in [0, 0.05) is 22.0 Å². The highest BCUT2D eigenvalue weighted by Gasteiger charge is 2.11. The second-order valence-electron chi connectivity index (χ2n) is 4.92. The lowest BCUT2D eigenvalue weighted by molar-refractivity contribution is -0.120. The Labute approximate surface area is 147 Å². The Morgan fingerprint density at radius 2 is 2.17 bits per heavy atom. The number of nitrogens with zero attached hydrogens (tertiary/aromatic N) is 2. The van der Waals surface area contributed by atoms with Crippen LogP contribution in [0.25, 0.3) is 10.6 Å². The maximum Gasteiger partial charge on any atom is 0.226 e. The SMILES string of the molecule is Cc1ncc(CNC(=O)Cc2csc(-c3ccccc3Cl)n2)s1. The van der Waals surface area contributed by atoms with Gasteiger partial charge in [0.05, 0.1) is 28.7 Å². The summed E-state index contributed by atoms with van der Waals surface area (Å²) in [6, 6.07) is 7.57. The van der Waals surface area contributed by atoms with Crippen LogP contribution in [-0.4, -0.2) is 15.9 Å². The summed E-state index contributed by atoms with van der Waals surface area (Å²) in [6.07, 6.45) is 2.05. The zero-order chi connectivity index (χ0) is 16.2. The minimum Gasteiger partial charge on any atom is -0.351 e. The van der Waals surface area contributed by atoms with Crippen molar-refractivity contribution in [2.45, 2.75) is 19.9 Å². The normalized spacial score (nSPS) is 10.7. The lowest BCUT2D eigenvalue weighted by atomic mass is 10.2. The zero-order valence-electron chi connectivity index (χ0n) is 12.4. The number of thiazole rings is 2. The molecular formula is C16H14ClN3OS2. The third kappa shape index (κ3) is 4.16. The second kappa shape index (κ2) is 7.21. The summed E-state index contributed by atoms with van der Waals surface area (Å²) in [6.45, 7) is 2.45. The van der Waals surface area contributed by atoms with Gasteiger partial charge in [-0.1, -0.05) is 29.8 Å². The van der Waals surface area contributed by atoms with E-state index in [4.69, 9.17) is 11.6 Å². The van der Waals surface area contributed by atoms with Gasteiger partial charge in [-0.05, 0) is 13.0 Å². The summed E-state index contributed by atoms with van der Waals surface area (Å²) in [4.78, 5) is 21.7. The molecule has 3 aromatic rings. The largest absolute Gasteiger partial charge is 0.351 e. The van der Waals surface area contributed by atoms with E-state index in [1.54, 1.807) is 17.5 Å². The molecule has 0 aliphatic rings. The predicted octanol–water partition coefficient (Wildman–Crippen LogP) is 4.09. The van der Waals surface area contributed by atoms with Gasteiger partial charge in [0.15, 0.2) is 0 Å². The first-order chi connectivity index (χ1) is 11.1. The van der Waals surface area contributed by atoms with Crippen LogP contribution in [0.15, 0.2) is 35.8 Å². The third-order valence-electron chi connectivity index (χ3n) is 3.13. The van der Waals surface area contributed by atoms with Gasteiger partial charge in [0.2, 0.25) is 5.91 Å². The van der Waals surface area contributed by atoms with Gasteiger partial charge in [-0.3, -0.25) is 4.79 Å². The van der Waals surface area contributed by atoms with Crippen molar-refractivity contribution in [3.63, 3.8) is 0 Å². The predicted molar refractivity (Wildman–Crippen MR) is 95.0 cm³/mol. The number of aryl methyl sites for hydroxylation is 1. The molecule has 0 bridgehead atoms. The van der Waals surface area contributed by atoms with Gasteiger partial charge in [-0.25, -0.2) is 9.97 Å². The summed E-state index contributed by atoms with van der Waals surface area (Å²) in [5, 5.41) is 7.28. The topological polar surface area (TPSA) is 54.9 Å². The number of halogens is 1. The highest BCUT2D eigenvalue weighted by molar-refractivity contribution is 7.13. The molecule has 0 aliphatic heterocycles. The highest BCUT2D eigenvalue weighted by atomic mass is 35.5. The van der Waals surface area contributed by atoms with Gasteiger partial charge in [-0.2, -0.15) is 0 Å². The van der Waals surface area contributed by atoms with Crippen molar-refractivity contribution >= 4 is 40.2 Å². The first-order valence-electron chi connectivity index (χ1n) is 6.99. The molecule has 0 fully saturated rings. The van der Waals surface area contributed by atoms with E-state index in [0.717, 1.165) is 26.1 Å². The second-order valence-corrected chi connectivity index (χ2v) is 7.51. The Bertz CT molecular complexity index is 828. The lowest BCUT2D eigenvalue weighted by Crippen LogP contribution is -2.24. The maximum absolute atomic E-state index is 12.0. The Morgan fingerprint density at radius 1 is 1.35 bits per heavy atom. The number of aromatic nitrogens is 2. The Kier molecular flexibility index (Phi) is 5.05. The fourth-order valence-electron chi connectivity index (χ4n) is 2.05. The molecule has 0 radical (unpaired) electrons. The molecule has 2 heterocycles. The van der Waals surface area contributed by atoms with E-state index in [0.29, 0.717) is 11.6 Å². The van der Waals surface area contributed by atoms with E-state index in [1.165, 1.54) is 11.3 Å². The lowest BCUT2D eigenvalue weighted by Gasteiger charge is -2.01. The molecule has 0 unspecified atom stereocenters. The molecule has 7 heteroatoms. The van der Waals surface area contributed by atoms with E-state index < -0.39 is 0 Å². The van der Waals surface area contributed by atoms with Crippen LogP contribution in [0.1, 0.15) is 15.6 Å². The molecule has 3 rings (SSSR count). The van der Waals surface area contributed by atoms with Crippen molar-refractivity contribution in [2.24, 2.45) is 0 Å². The van der Waals surface area contributed by atoms with E-state index >= 15 is 0 Å². The number of amides is 1. The molecular weight excluding hydrogens is 350 g/mol. The van der Waals surface area contributed by atoms with Crippen LogP contribution >= 0.6 is 34.3 Å². The van der Waals surface area contributed by atoms with Gasteiger partial charge < -0.3 is 5.32 Å². The number of carbonyl (C=O) groups is 1. The van der Waals surface area contributed by atoms with E-state index in [2.05, 4.69) is 15.3 Å². The summed E-state index contributed by atoms with van der Waals surface area (Å²) >= 11 is 9.25. The molecule has 0 atom stereocenters. The van der Waals surface area contributed by atoms with Gasteiger partial charge in [0.25, 0.3) is 0 Å². The number of rotatable bonds is 5. The molecule has 4 nitrogen and oxygen atoms in total. The monoisotopic (exact) mass is 363 g/mol. The van der Waals surface area contributed by atoms with Crippen LogP contribution in [0.4, 0.5) is 0 Å². The molecule has 0 spiro atoms. The van der Waals surface area contributed by atoms with Crippen LogP contribution in [0.5, 0.6) is 0 Å². The molecule has 0 saturated carbocycles. The summed E-state index contributed by atoms with van der Waals surface area (Å²) in [5.41, 5.74) is 1.65. The number of hydrogen-bond donors (Lipinski definition) is 1. The molecule has 23 heavy (non-hydrogen) atoms. The highest BCUT2D eigenvalue weighted by Crippen LogP contribution is 2.30. The summed E-state index contributed by atoms with van der Waals surface area (Å²) in [5.74, 6) is -0.0490. The molecule has 1 aromatic carbocycles. The third-order valence-corrected chi connectivity index (χ3v) is 5.29. The van der Waals surface area contributed by atoms with Crippen LogP contribution in [0, 0.1) is 6.92 Å². The minimum absolute atomic E-state index is 0.0490. The first-order valence-corrected chi connectivity index (χ1v) is 9.06. The summed E-state index contributed by atoms with van der Waals surface area (Å²) in [7, 11) is 0. The number of carbonyl (C=O) groups excluding carboxylic acids is 1. The molecule has 0 aliphatic carbocycles. The van der Waals surface area contributed by atoms with Gasteiger partial charge in [0.1, 0.15) is 5.01 Å². The van der Waals surface area contributed by atoms with E-state index in [1.807, 2.05) is 36.6 Å². The fourth-order valence-corrected chi connectivity index (χ4v) is 3.92.